The summed E-state index contributed by atoms with van der Waals surface area (Å²) in [6.07, 6.45) is 5.64. The van der Waals surface area contributed by atoms with E-state index in [4.69, 9.17) is 4.52 Å². The maximum atomic E-state index is 12.8. The highest BCUT2D eigenvalue weighted by atomic mass is 32.2. The molecule has 1 saturated heterocycles. The van der Waals surface area contributed by atoms with Crippen molar-refractivity contribution in [2.75, 3.05) is 20.1 Å². The molecule has 2 aromatic rings. The molecule has 3 rings (SSSR count). The van der Waals surface area contributed by atoms with Crippen LogP contribution in [0, 0.1) is 0 Å². The fraction of sp³-hybridized carbons (Fsp3) is 0.444. The fourth-order valence-electron chi connectivity index (χ4n) is 3.06. The van der Waals surface area contributed by atoms with Crippen molar-refractivity contribution in [1.82, 2.24) is 14.4 Å². The monoisotopic (exact) mass is 377 g/mol. The number of sulfonamides is 1. The van der Waals surface area contributed by atoms with Crippen molar-refractivity contribution in [1.29, 1.82) is 0 Å². The van der Waals surface area contributed by atoms with Crippen LogP contribution in [0.25, 0.3) is 0 Å². The van der Waals surface area contributed by atoms with E-state index in [0.29, 0.717) is 11.3 Å². The van der Waals surface area contributed by atoms with Gasteiger partial charge in [0.05, 0.1) is 17.1 Å². The number of rotatable bonds is 5. The van der Waals surface area contributed by atoms with E-state index in [2.05, 4.69) is 5.16 Å². The van der Waals surface area contributed by atoms with Gasteiger partial charge >= 0.3 is 0 Å². The maximum Gasteiger partial charge on any atom is 0.253 e. The standard InChI is InChI=1S/C18H23N3O4S/c1-20(14-16-9-12-25-19-16)26(23,24)17-8-6-7-15(13-17)18(22)21-10-4-2-3-5-11-21/h6-9,12-13H,2-5,10-11,14H2,1H3. The largest absolute Gasteiger partial charge is 0.364 e. The minimum Gasteiger partial charge on any atom is -0.364 e. The molecule has 7 nitrogen and oxygen atoms in total. The number of likely N-dealkylation sites (tertiary alicyclic amines) is 1. The normalized spacial score (nSPS) is 15.8. The number of hydrogen-bond donors (Lipinski definition) is 0. The van der Waals surface area contributed by atoms with E-state index in [1.165, 1.54) is 29.7 Å². The predicted molar refractivity (Wildman–Crippen MR) is 96.0 cm³/mol. The summed E-state index contributed by atoms with van der Waals surface area (Å²) in [5, 5.41) is 3.74. The highest BCUT2D eigenvalue weighted by molar-refractivity contribution is 7.89. The third-order valence-electron chi connectivity index (χ3n) is 4.56. The summed E-state index contributed by atoms with van der Waals surface area (Å²) in [5.41, 5.74) is 0.927. The molecular weight excluding hydrogens is 354 g/mol. The smallest absolute Gasteiger partial charge is 0.253 e. The molecule has 0 radical (unpaired) electrons. The van der Waals surface area contributed by atoms with E-state index in [9.17, 15) is 13.2 Å². The van der Waals surface area contributed by atoms with Crippen molar-refractivity contribution < 1.29 is 17.7 Å². The molecule has 0 bridgehead atoms. The number of hydrogen-bond acceptors (Lipinski definition) is 5. The van der Waals surface area contributed by atoms with Crippen LogP contribution in [0.15, 0.2) is 46.0 Å². The lowest BCUT2D eigenvalue weighted by Crippen LogP contribution is -2.32. The van der Waals surface area contributed by atoms with Gasteiger partial charge in [-0.1, -0.05) is 24.1 Å². The zero-order valence-corrected chi connectivity index (χ0v) is 15.6. The summed E-state index contributed by atoms with van der Waals surface area (Å²) in [6, 6.07) is 7.87. The van der Waals surface area contributed by atoms with Gasteiger partial charge in [-0.15, -0.1) is 0 Å². The van der Waals surface area contributed by atoms with Crippen LogP contribution in [0.4, 0.5) is 0 Å². The summed E-state index contributed by atoms with van der Waals surface area (Å²) < 4.78 is 31.5. The second kappa shape index (κ2) is 8.01. The zero-order chi connectivity index (χ0) is 18.6. The van der Waals surface area contributed by atoms with Gasteiger partial charge in [0.1, 0.15) is 6.26 Å². The first-order chi connectivity index (χ1) is 12.5. The van der Waals surface area contributed by atoms with Crippen molar-refractivity contribution >= 4 is 15.9 Å². The van der Waals surface area contributed by atoms with Crippen LogP contribution < -0.4 is 0 Å². The van der Waals surface area contributed by atoms with Gasteiger partial charge in [0, 0.05) is 31.8 Å². The van der Waals surface area contributed by atoms with Crippen molar-refractivity contribution in [2.24, 2.45) is 0 Å². The molecule has 0 atom stereocenters. The molecule has 1 amide bonds. The van der Waals surface area contributed by atoms with Crippen LogP contribution in [0.5, 0.6) is 0 Å². The fourth-order valence-corrected chi connectivity index (χ4v) is 4.25. The Morgan fingerprint density at radius 3 is 2.58 bits per heavy atom. The van der Waals surface area contributed by atoms with Crippen molar-refractivity contribution in [3.8, 4) is 0 Å². The second-order valence-electron chi connectivity index (χ2n) is 6.49. The van der Waals surface area contributed by atoms with Gasteiger partial charge in [-0.3, -0.25) is 4.79 Å². The first kappa shape index (κ1) is 18.6. The SMILES string of the molecule is CN(Cc1ccon1)S(=O)(=O)c1cccc(C(=O)N2CCCCCC2)c1. The van der Waals surface area contributed by atoms with Crippen LogP contribution in [-0.2, 0) is 16.6 Å². The summed E-state index contributed by atoms with van der Waals surface area (Å²) >= 11 is 0. The minimum absolute atomic E-state index is 0.100. The van der Waals surface area contributed by atoms with Crippen molar-refractivity contribution in [3.05, 3.63) is 47.9 Å². The average molecular weight is 377 g/mol. The average Bonchev–Trinajstić information content (AvgIpc) is 3.00. The van der Waals surface area contributed by atoms with Crippen LogP contribution in [0.3, 0.4) is 0 Å². The first-order valence-corrected chi connectivity index (χ1v) is 10.2. The molecule has 1 aromatic heterocycles. The zero-order valence-electron chi connectivity index (χ0n) is 14.8. The molecule has 0 N–H and O–H groups in total. The Labute approximate surface area is 153 Å². The van der Waals surface area contributed by atoms with E-state index < -0.39 is 10.0 Å². The van der Waals surface area contributed by atoms with E-state index in [1.54, 1.807) is 18.2 Å². The molecule has 2 heterocycles. The molecule has 0 unspecified atom stereocenters. The number of benzene rings is 1. The van der Waals surface area contributed by atoms with Crippen molar-refractivity contribution in [3.63, 3.8) is 0 Å². The molecule has 140 valence electrons. The highest BCUT2D eigenvalue weighted by Crippen LogP contribution is 2.20. The lowest BCUT2D eigenvalue weighted by Gasteiger charge is -2.21. The van der Waals surface area contributed by atoms with E-state index in [0.717, 1.165) is 38.8 Å². The maximum absolute atomic E-state index is 12.8. The van der Waals surface area contributed by atoms with Gasteiger partial charge in [-0.05, 0) is 31.0 Å². The van der Waals surface area contributed by atoms with Gasteiger partial charge in [0.2, 0.25) is 10.0 Å². The van der Waals surface area contributed by atoms with Crippen molar-refractivity contribution in [2.45, 2.75) is 37.1 Å². The van der Waals surface area contributed by atoms with Gasteiger partial charge in [-0.2, -0.15) is 4.31 Å². The molecule has 1 aromatic carbocycles. The lowest BCUT2D eigenvalue weighted by atomic mass is 10.2. The molecule has 0 aliphatic carbocycles. The summed E-state index contributed by atoms with van der Waals surface area (Å²) in [4.78, 5) is 14.7. The van der Waals surface area contributed by atoms with Gasteiger partial charge in [0.15, 0.2) is 0 Å². The van der Waals surface area contributed by atoms with E-state index in [1.807, 2.05) is 4.90 Å². The number of aromatic nitrogens is 1. The summed E-state index contributed by atoms with van der Waals surface area (Å²) in [5.74, 6) is -0.108. The van der Waals surface area contributed by atoms with Crippen LogP contribution in [0.1, 0.15) is 41.7 Å². The first-order valence-electron chi connectivity index (χ1n) is 8.73. The summed E-state index contributed by atoms with van der Waals surface area (Å²) in [7, 11) is -2.25. The highest BCUT2D eigenvalue weighted by Gasteiger charge is 2.24. The Kier molecular flexibility index (Phi) is 5.73. The second-order valence-corrected chi connectivity index (χ2v) is 8.53. The lowest BCUT2D eigenvalue weighted by molar-refractivity contribution is 0.0761. The Balaban J connectivity index is 1.80. The van der Waals surface area contributed by atoms with Crippen LogP contribution in [0.2, 0.25) is 0 Å². The van der Waals surface area contributed by atoms with Gasteiger partial charge < -0.3 is 9.42 Å². The van der Waals surface area contributed by atoms with Crippen LogP contribution >= 0.6 is 0 Å². The number of amides is 1. The third-order valence-corrected chi connectivity index (χ3v) is 6.36. The molecule has 0 spiro atoms. The van der Waals surface area contributed by atoms with Crippen LogP contribution in [-0.4, -0.2) is 48.8 Å². The molecule has 1 fully saturated rings. The Morgan fingerprint density at radius 2 is 1.92 bits per heavy atom. The van der Waals surface area contributed by atoms with Gasteiger partial charge in [-0.25, -0.2) is 8.42 Å². The predicted octanol–water partition coefficient (Wildman–Crippen LogP) is 2.51. The molecule has 8 heteroatoms. The molecule has 0 saturated carbocycles. The molecule has 26 heavy (non-hydrogen) atoms. The molecule has 1 aliphatic rings. The summed E-state index contributed by atoms with van der Waals surface area (Å²) in [6.45, 7) is 1.55. The Hall–Kier alpha value is -2.19. The molecule has 1 aliphatic heterocycles. The van der Waals surface area contributed by atoms with E-state index in [-0.39, 0.29) is 17.3 Å². The number of nitrogens with zero attached hydrogens (tertiary/aromatic N) is 3. The quantitative estimate of drug-likeness (QED) is 0.799. The topological polar surface area (TPSA) is 83.7 Å². The van der Waals surface area contributed by atoms with E-state index >= 15 is 0 Å². The minimum atomic E-state index is -3.73. The molecular formula is C18H23N3O4S. The van der Waals surface area contributed by atoms with Gasteiger partial charge in [0.25, 0.3) is 5.91 Å². The third kappa shape index (κ3) is 4.13. The number of carbonyl (C=O) groups excluding carboxylic acids is 1. The number of carbonyl (C=O) groups is 1. The Bertz CT molecular complexity index is 841. The Morgan fingerprint density at radius 1 is 1.19 bits per heavy atom.